The lowest BCUT2D eigenvalue weighted by molar-refractivity contribution is 0.309. The van der Waals surface area contributed by atoms with Crippen LogP contribution in [0.1, 0.15) is 19.4 Å². The fraction of sp³-hybridized carbons (Fsp3) is 0.417. The summed E-state index contributed by atoms with van der Waals surface area (Å²) >= 11 is 5.95. The van der Waals surface area contributed by atoms with Crippen LogP contribution in [0.15, 0.2) is 18.2 Å². The lowest BCUT2D eigenvalue weighted by Gasteiger charge is -2.10. The lowest BCUT2D eigenvalue weighted by atomic mass is 10.2. The third kappa shape index (κ3) is 4.09. The number of halogens is 1. The van der Waals surface area contributed by atoms with E-state index >= 15 is 0 Å². The molecule has 0 fully saturated rings. The molecule has 4 heteroatoms. The largest absolute Gasteiger partial charge is 0.491 e. The molecule has 0 aliphatic rings. The van der Waals surface area contributed by atoms with Gasteiger partial charge in [0.05, 0.1) is 16.7 Å². The van der Waals surface area contributed by atoms with Gasteiger partial charge in [-0.05, 0) is 18.2 Å². The maximum atomic E-state index is 8.67. The van der Waals surface area contributed by atoms with Gasteiger partial charge in [-0.25, -0.2) is 0 Å². The maximum Gasteiger partial charge on any atom is 0.138 e. The molecule has 0 saturated heterocycles. The molecular weight excluding hydrogens is 224 g/mol. The molecule has 0 saturated carbocycles. The quantitative estimate of drug-likeness (QED) is 0.802. The molecule has 0 spiro atoms. The second-order valence-corrected chi connectivity index (χ2v) is 4.12. The third-order valence-electron chi connectivity index (χ3n) is 1.97. The van der Waals surface area contributed by atoms with Crippen LogP contribution in [0.4, 0.5) is 0 Å². The molecule has 0 amide bonds. The minimum absolute atomic E-state index is 0.444. The van der Waals surface area contributed by atoms with Crippen LogP contribution < -0.4 is 10.1 Å². The summed E-state index contributed by atoms with van der Waals surface area (Å²) in [7, 11) is 0. The molecule has 1 rings (SSSR count). The van der Waals surface area contributed by atoms with Gasteiger partial charge in [0, 0.05) is 12.6 Å². The van der Waals surface area contributed by atoms with Crippen LogP contribution in [-0.2, 0) is 0 Å². The second-order valence-electron chi connectivity index (χ2n) is 3.71. The van der Waals surface area contributed by atoms with E-state index < -0.39 is 0 Å². The highest BCUT2D eigenvalue weighted by Crippen LogP contribution is 2.24. The monoisotopic (exact) mass is 238 g/mol. The second kappa shape index (κ2) is 6.37. The molecule has 1 aromatic carbocycles. The van der Waals surface area contributed by atoms with Gasteiger partial charge in [0.15, 0.2) is 0 Å². The highest BCUT2D eigenvalue weighted by molar-refractivity contribution is 6.32. The highest BCUT2D eigenvalue weighted by Gasteiger charge is 2.02. The summed E-state index contributed by atoms with van der Waals surface area (Å²) in [4.78, 5) is 0. The molecule has 0 aliphatic heterocycles. The van der Waals surface area contributed by atoms with Crippen molar-refractivity contribution in [2.75, 3.05) is 13.2 Å². The van der Waals surface area contributed by atoms with E-state index in [1.165, 1.54) is 0 Å². The number of nitrogens with one attached hydrogen (secondary N) is 1. The standard InChI is InChI=1S/C12H15ClN2O/c1-9(2)15-5-6-16-12-4-3-10(8-14)7-11(12)13/h3-4,7,9,15H,5-6H2,1-2H3. The molecule has 3 nitrogen and oxygen atoms in total. The number of hydrogen-bond donors (Lipinski definition) is 1. The van der Waals surface area contributed by atoms with Crippen LogP contribution in [0.2, 0.25) is 5.02 Å². The zero-order chi connectivity index (χ0) is 12.0. The highest BCUT2D eigenvalue weighted by atomic mass is 35.5. The Kier molecular flexibility index (Phi) is 5.10. The zero-order valence-corrected chi connectivity index (χ0v) is 10.2. The van der Waals surface area contributed by atoms with E-state index in [9.17, 15) is 0 Å². The number of nitrogens with zero attached hydrogens (tertiary/aromatic N) is 1. The predicted octanol–water partition coefficient (Wildman–Crippen LogP) is 2.59. The van der Waals surface area contributed by atoms with Crippen molar-refractivity contribution in [3.8, 4) is 11.8 Å². The summed E-state index contributed by atoms with van der Waals surface area (Å²) in [6, 6.07) is 7.48. The molecule has 1 aromatic rings. The zero-order valence-electron chi connectivity index (χ0n) is 9.46. The van der Waals surface area contributed by atoms with Crippen LogP contribution >= 0.6 is 11.6 Å². The SMILES string of the molecule is CC(C)NCCOc1ccc(C#N)cc1Cl. The summed E-state index contributed by atoms with van der Waals surface area (Å²) in [5, 5.41) is 12.4. The Labute approximate surface area is 101 Å². The van der Waals surface area contributed by atoms with E-state index in [-0.39, 0.29) is 0 Å². The molecule has 0 aromatic heterocycles. The average Bonchev–Trinajstić information content (AvgIpc) is 2.25. The Morgan fingerprint density at radius 2 is 2.25 bits per heavy atom. The predicted molar refractivity (Wildman–Crippen MR) is 64.8 cm³/mol. The first-order valence-electron chi connectivity index (χ1n) is 5.19. The number of benzene rings is 1. The van der Waals surface area contributed by atoms with E-state index in [2.05, 4.69) is 19.2 Å². The fourth-order valence-electron chi connectivity index (χ4n) is 1.20. The van der Waals surface area contributed by atoms with Gasteiger partial charge in [-0.2, -0.15) is 5.26 Å². The van der Waals surface area contributed by atoms with Crippen molar-refractivity contribution in [3.05, 3.63) is 28.8 Å². The minimum Gasteiger partial charge on any atom is -0.491 e. The summed E-state index contributed by atoms with van der Waals surface area (Å²) < 4.78 is 5.48. The van der Waals surface area contributed by atoms with Crippen LogP contribution in [0, 0.1) is 11.3 Å². The summed E-state index contributed by atoms with van der Waals surface area (Å²) in [6.45, 7) is 5.49. The van der Waals surface area contributed by atoms with Crippen molar-refractivity contribution < 1.29 is 4.74 Å². The summed E-state index contributed by atoms with van der Waals surface area (Å²) in [6.07, 6.45) is 0. The van der Waals surface area contributed by atoms with Crippen molar-refractivity contribution in [1.29, 1.82) is 5.26 Å². The van der Waals surface area contributed by atoms with Crippen molar-refractivity contribution in [2.45, 2.75) is 19.9 Å². The third-order valence-corrected chi connectivity index (χ3v) is 2.27. The molecule has 86 valence electrons. The van der Waals surface area contributed by atoms with Crippen molar-refractivity contribution in [2.24, 2.45) is 0 Å². The van der Waals surface area contributed by atoms with Gasteiger partial charge >= 0.3 is 0 Å². The number of nitriles is 1. The lowest BCUT2D eigenvalue weighted by Crippen LogP contribution is -2.27. The van der Waals surface area contributed by atoms with Gasteiger partial charge in [0.1, 0.15) is 12.4 Å². The molecule has 0 unspecified atom stereocenters. The maximum absolute atomic E-state index is 8.67. The van der Waals surface area contributed by atoms with Gasteiger partial charge < -0.3 is 10.1 Å². The normalized spacial score (nSPS) is 10.2. The molecule has 0 atom stereocenters. The number of ether oxygens (including phenoxy) is 1. The van der Waals surface area contributed by atoms with Crippen LogP contribution in [-0.4, -0.2) is 19.2 Å². The molecule has 0 heterocycles. The van der Waals surface area contributed by atoms with E-state index in [1.807, 2.05) is 6.07 Å². The molecule has 0 aliphatic carbocycles. The van der Waals surface area contributed by atoms with Gasteiger partial charge in [-0.1, -0.05) is 25.4 Å². The van der Waals surface area contributed by atoms with Gasteiger partial charge in [-0.3, -0.25) is 0 Å². The van der Waals surface area contributed by atoms with E-state index in [1.54, 1.807) is 18.2 Å². The first-order chi connectivity index (χ1) is 7.63. The van der Waals surface area contributed by atoms with Crippen LogP contribution in [0.5, 0.6) is 5.75 Å². The molecule has 0 radical (unpaired) electrons. The Bertz CT molecular complexity index is 385. The first-order valence-corrected chi connectivity index (χ1v) is 5.57. The Hall–Kier alpha value is -1.24. The molecular formula is C12H15ClN2O. The van der Waals surface area contributed by atoms with Gasteiger partial charge in [0.25, 0.3) is 0 Å². The van der Waals surface area contributed by atoms with Gasteiger partial charge in [-0.15, -0.1) is 0 Å². The van der Waals surface area contributed by atoms with Crippen molar-refractivity contribution in [3.63, 3.8) is 0 Å². The Balaban J connectivity index is 2.46. The van der Waals surface area contributed by atoms with Gasteiger partial charge in [0.2, 0.25) is 0 Å². The molecule has 16 heavy (non-hydrogen) atoms. The Morgan fingerprint density at radius 3 is 2.81 bits per heavy atom. The Morgan fingerprint density at radius 1 is 1.50 bits per heavy atom. The fourth-order valence-corrected chi connectivity index (χ4v) is 1.43. The first kappa shape index (κ1) is 12.8. The smallest absolute Gasteiger partial charge is 0.138 e. The molecule has 1 N–H and O–H groups in total. The van der Waals surface area contributed by atoms with E-state index in [0.717, 1.165) is 6.54 Å². The van der Waals surface area contributed by atoms with Crippen LogP contribution in [0.25, 0.3) is 0 Å². The summed E-state index contributed by atoms with van der Waals surface area (Å²) in [5.41, 5.74) is 0.539. The van der Waals surface area contributed by atoms with Crippen molar-refractivity contribution >= 4 is 11.6 Å². The topological polar surface area (TPSA) is 45.0 Å². The van der Waals surface area contributed by atoms with E-state index in [4.69, 9.17) is 21.6 Å². The minimum atomic E-state index is 0.444. The van der Waals surface area contributed by atoms with E-state index in [0.29, 0.717) is 29.0 Å². The summed E-state index contributed by atoms with van der Waals surface area (Å²) in [5.74, 6) is 0.617. The number of hydrogen-bond acceptors (Lipinski definition) is 3. The van der Waals surface area contributed by atoms with Crippen LogP contribution in [0.3, 0.4) is 0 Å². The average molecular weight is 239 g/mol. The number of rotatable bonds is 5. The molecule has 0 bridgehead atoms. The van der Waals surface area contributed by atoms with Crippen molar-refractivity contribution in [1.82, 2.24) is 5.32 Å².